The molecule has 0 aliphatic heterocycles. The minimum Gasteiger partial charge on any atom is -0.394 e. The van der Waals surface area contributed by atoms with Gasteiger partial charge in [-0.25, -0.2) is 0 Å². The zero-order valence-electron chi connectivity index (χ0n) is 21.8. The minimum absolute atomic E-state index is 0.0821. The minimum atomic E-state index is -4.45. The van der Waals surface area contributed by atoms with Crippen LogP contribution in [0.15, 0.2) is 18.3 Å². The quantitative estimate of drug-likeness (QED) is 0.153. The Kier molecular flexibility index (Phi) is 19.1. The number of aliphatic hydroxyl groups excluding tert-OH is 1. The number of unbranched alkanes of at least 4 members (excludes halogenated alkanes) is 15. The Hall–Kier alpha value is -1.18. The normalized spacial score (nSPS) is 12.8. The standard InChI is InChI=1S/C28H48F3NO3/c1-2-3-4-5-6-7-8-9-10-11-12-13-14-15-16-17-20-34-24-26(22-33)35-23-25-18-19-27(32-21-25)28(29,30)31/h18-19,21,26,33H,2-17,20,22-24H2,1H3/t26-/m0/s1. The van der Waals surface area contributed by atoms with E-state index >= 15 is 0 Å². The van der Waals surface area contributed by atoms with Crippen molar-refractivity contribution in [1.82, 2.24) is 4.98 Å². The van der Waals surface area contributed by atoms with Gasteiger partial charge in [0, 0.05) is 12.8 Å². The molecule has 7 heteroatoms. The fraction of sp³-hybridized carbons (Fsp3) is 0.821. The summed E-state index contributed by atoms with van der Waals surface area (Å²) in [5.41, 5.74) is -0.406. The molecule has 0 spiro atoms. The topological polar surface area (TPSA) is 51.6 Å². The van der Waals surface area contributed by atoms with E-state index in [9.17, 15) is 18.3 Å². The Morgan fingerprint density at radius 1 is 0.800 bits per heavy atom. The first kappa shape index (κ1) is 31.8. The summed E-state index contributed by atoms with van der Waals surface area (Å²) in [7, 11) is 0. The van der Waals surface area contributed by atoms with Crippen molar-refractivity contribution >= 4 is 0 Å². The summed E-state index contributed by atoms with van der Waals surface area (Å²) in [6.07, 6.45) is 17.4. The molecule has 0 aromatic carbocycles. The van der Waals surface area contributed by atoms with Crippen molar-refractivity contribution in [3.05, 3.63) is 29.6 Å². The molecule has 0 aliphatic carbocycles. The van der Waals surface area contributed by atoms with Crippen molar-refractivity contribution in [2.24, 2.45) is 0 Å². The molecule has 0 unspecified atom stereocenters. The molecule has 204 valence electrons. The summed E-state index contributed by atoms with van der Waals surface area (Å²) in [6.45, 7) is 3.04. The number of halogens is 3. The third kappa shape index (κ3) is 17.8. The van der Waals surface area contributed by atoms with Crippen LogP contribution in [0.3, 0.4) is 0 Å². The molecule has 0 saturated carbocycles. The number of alkyl halides is 3. The van der Waals surface area contributed by atoms with Gasteiger partial charge in [0.05, 0.1) is 19.8 Å². The summed E-state index contributed by atoms with van der Waals surface area (Å²) >= 11 is 0. The van der Waals surface area contributed by atoms with Gasteiger partial charge in [-0.1, -0.05) is 109 Å². The van der Waals surface area contributed by atoms with Crippen LogP contribution in [-0.2, 0) is 22.3 Å². The van der Waals surface area contributed by atoms with Crippen LogP contribution in [-0.4, -0.2) is 36.0 Å². The average Bonchev–Trinajstić information content (AvgIpc) is 2.84. The molecule has 4 nitrogen and oxygen atoms in total. The highest BCUT2D eigenvalue weighted by Gasteiger charge is 2.32. The largest absolute Gasteiger partial charge is 0.433 e. The number of rotatable bonds is 23. The zero-order chi connectivity index (χ0) is 25.6. The van der Waals surface area contributed by atoms with E-state index in [0.29, 0.717) is 12.2 Å². The molecule has 1 aromatic rings. The number of aromatic nitrogens is 1. The van der Waals surface area contributed by atoms with Crippen LogP contribution in [0.5, 0.6) is 0 Å². The Bertz CT molecular complexity index is 596. The van der Waals surface area contributed by atoms with Crippen LogP contribution in [0.25, 0.3) is 0 Å². The van der Waals surface area contributed by atoms with Crippen LogP contribution in [0, 0.1) is 0 Å². The first-order chi connectivity index (χ1) is 17.0. The lowest BCUT2D eigenvalue weighted by atomic mass is 10.0. The Balaban J connectivity index is 1.89. The number of ether oxygens (including phenoxy) is 2. The highest BCUT2D eigenvalue weighted by atomic mass is 19.4. The monoisotopic (exact) mass is 503 g/mol. The van der Waals surface area contributed by atoms with Crippen molar-refractivity contribution in [2.75, 3.05) is 19.8 Å². The van der Waals surface area contributed by atoms with Crippen molar-refractivity contribution in [3.63, 3.8) is 0 Å². The van der Waals surface area contributed by atoms with Crippen LogP contribution in [0.4, 0.5) is 13.2 Å². The highest BCUT2D eigenvalue weighted by Crippen LogP contribution is 2.27. The predicted octanol–water partition coefficient (Wildman–Crippen LogP) is 8.26. The van der Waals surface area contributed by atoms with Gasteiger partial charge in [0.15, 0.2) is 0 Å². The number of nitrogens with zero attached hydrogens (tertiary/aromatic N) is 1. The smallest absolute Gasteiger partial charge is 0.394 e. The molecule has 35 heavy (non-hydrogen) atoms. The summed E-state index contributed by atoms with van der Waals surface area (Å²) in [5, 5.41) is 9.43. The van der Waals surface area contributed by atoms with Gasteiger partial charge < -0.3 is 14.6 Å². The Morgan fingerprint density at radius 3 is 1.74 bits per heavy atom. The van der Waals surface area contributed by atoms with E-state index in [1.807, 2.05) is 0 Å². The molecule has 0 aliphatic rings. The number of hydrogen-bond acceptors (Lipinski definition) is 4. The number of pyridine rings is 1. The lowest BCUT2D eigenvalue weighted by Gasteiger charge is -2.16. The predicted molar refractivity (Wildman–Crippen MR) is 135 cm³/mol. The maximum absolute atomic E-state index is 12.5. The second kappa shape index (κ2) is 21.0. The molecule has 1 atom stereocenters. The fourth-order valence-corrected chi connectivity index (χ4v) is 4.01. The molecule has 0 fully saturated rings. The maximum Gasteiger partial charge on any atom is 0.433 e. The van der Waals surface area contributed by atoms with Gasteiger partial charge in [-0.2, -0.15) is 13.2 Å². The van der Waals surface area contributed by atoms with Crippen molar-refractivity contribution in [3.8, 4) is 0 Å². The molecule has 0 saturated heterocycles. The number of hydrogen-bond donors (Lipinski definition) is 1. The van der Waals surface area contributed by atoms with Gasteiger partial charge >= 0.3 is 6.18 Å². The number of aliphatic hydroxyl groups is 1. The molecule has 1 rings (SSSR count). The fourth-order valence-electron chi connectivity index (χ4n) is 4.01. The first-order valence-corrected chi connectivity index (χ1v) is 13.8. The van der Waals surface area contributed by atoms with E-state index in [4.69, 9.17) is 9.47 Å². The van der Waals surface area contributed by atoms with Crippen LogP contribution >= 0.6 is 0 Å². The van der Waals surface area contributed by atoms with Crippen LogP contribution in [0.2, 0.25) is 0 Å². The van der Waals surface area contributed by atoms with Gasteiger partial charge in [-0.05, 0) is 18.1 Å². The first-order valence-electron chi connectivity index (χ1n) is 13.8. The van der Waals surface area contributed by atoms with E-state index in [2.05, 4.69) is 11.9 Å². The van der Waals surface area contributed by atoms with E-state index in [1.165, 1.54) is 96.0 Å². The van der Waals surface area contributed by atoms with Crippen LogP contribution in [0.1, 0.15) is 121 Å². The second-order valence-electron chi connectivity index (χ2n) is 9.54. The summed E-state index contributed by atoms with van der Waals surface area (Å²) in [6, 6.07) is 2.27. The zero-order valence-corrected chi connectivity index (χ0v) is 21.8. The summed E-state index contributed by atoms with van der Waals surface area (Å²) in [5.74, 6) is 0. The molecular formula is C28H48F3NO3. The van der Waals surface area contributed by atoms with Gasteiger partial charge in [-0.3, -0.25) is 4.98 Å². The third-order valence-electron chi connectivity index (χ3n) is 6.25. The lowest BCUT2D eigenvalue weighted by molar-refractivity contribution is -0.141. The van der Waals surface area contributed by atoms with Crippen molar-refractivity contribution in [2.45, 2.75) is 129 Å². The molecule has 1 aromatic heterocycles. The molecule has 1 heterocycles. The molecule has 0 bridgehead atoms. The van der Waals surface area contributed by atoms with E-state index in [0.717, 1.165) is 25.1 Å². The third-order valence-corrected chi connectivity index (χ3v) is 6.25. The van der Waals surface area contributed by atoms with Gasteiger partial charge in [0.25, 0.3) is 0 Å². The van der Waals surface area contributed by atoms with Crippen molar-refractivity contribution < 1.29 is 27.8 Å². The Labute approximate surface area is 211 Å². The lowest BCUT2D eigenvalue weighted by Crippen LogP contribution is -2.24. The molecule has 1 N–H and O–H groups in total. The maximum atomic E-state index is 12.5. The average molecular weight is 504 g/mol. The SMILES string of the molecule is CCCCCCCCCCCCCCCCCCOC[C@H](CO)OCc1ccc(C(F)(F)F)nc1. The van der Waals surface area contributed by atoms with Crippen molar-refractivity contribution in [1.29, 1.82) is 0 Å². The summed E-state index contributed by atoms with van der Waals surface area (Å²) < 4.78 is 48.8. The van der Waals surface area contributed by atoms with Gasteiger partial charge in [-0.15, -0.1) is 0 Å². The van der Waals surface area contributed by atoms with E-state index in [1.54, 1.807) is 0 Å². The summed E-state index contributed by atoms with van der Waals surface area (Å²) in [4.78, 5) is 3.41. The molecule has 0 amide bonds. The van der Waals surface area contributed by atoms with Gasteiger partial charge in [0.1, 0.15) is 11.8 Å². The molecule has 0 radical (unpaired) electrons. The second-order valence-corrected chi connectivity index (χ2v) is 9.54. The van der Waals surface area contributed by atoms with E-state index < -0.39 is 18.0 Å². The van der Waals surface area contributed by atoms with Gasteiger partial charge in [0.2, 0.25) is 0 Å². The van der Waals surface area contributed by atoms with Crippen LogP contribution < -0.4 is 0 Å². The highest BCUT2D eigenvalue weighted by molar-refractivity contribution is 5.15. The molecular weight excluding hydrogens is 455 g/mol. The Morgan fingerprint density at radius 2 is 1.31 bits per heavy atom. The van der Waals surface area contributed by atoms with E-state index in [-0.39, 0.29) is 19.8 Å².